The Hall–Kier alpha value is -0.970. The summed E-state index contributed by atoms with van der Waals surface area (Å²) in [5, 5.41) is 29.0. The molecule has 0 saturated carbocycles. The van der Waals surface area contributed by atoms with Crippen LogP contribution in [0.4, 0.5) is 0 Å². The minimum absolute atomic E-state index is 0.234. The second-order valence-electron chi connectivity index (χ2n) is 4.10. The van der Waals surface area contributed by atoms with Crippen molar-refractivity contribution in [2.45, 2.75) is 32.2 Å². The van der Waals surface area contributed by atoms with Gasteiger partial charge in [-0.25, -0.2) is 0 Å². The zero-order valence-corrected chi connectivity index (χ0v) is 9.45. The lowest BCUT2D eigenvalue weighted by Gasteiger charge is -2.35. The number of Topliss-reactive ketones (excluding diaryl/α,β-unsaturated/α-hetero) is 1. The normalized spacial score (nSPS) is 36.6. The molecule has 0 aromatic heterocycles. The third kappa shape index (κ3) is 2.58. The molecule has 1 aliphatic carbocycles. The van der Waals surface area contributed by atoms with Gasteiger partial charge in [0.25, 0.3) is 0 Å². The Morgan fingerprint density at radius 2 is 2.00 bits per heavy atom. The van der Waals surface area contributed by atoms with E-state index in [-0.39, 0.29) is 5.92 Å². The van der Waals surface area contributed by atoms with Crippen LogP contribution in [0.1, 0.15) is 13.8 Å². The molecule has 16 heavy (non-hydrogen) atoms. The fourth-order valence-electron chi connectivity index (χ4n) is 2.02. The van der Waals surface area contributed by atoms with Gasteiger partial charge in [-0.05, 0) is 13.8 Å². The first-order valence-corrected chi connectivity index (χ1v) is 5.34. The molecule has 0 aromatic rings. The molecular weight excluding hydrogens is 208 g/mol. The van der Waals surface area contributed by atoms with E-state index >= 15 is 0 Å². The summed E-state index contributed by atoms with van der Waals surface area (Å²) in [4.78, 5) is 11.2. The van der Waals surface area contributed by atoms with Crippen LogP contribution in [0, 0.1) is 11.8 Å². The number of allylic oxidation sites excluding steroid dienone is 3. The van der Waals surface area contributed by atoms with Gasteiger partial charge in [0.15, 0.2) is 5.78 Å². The zero-order valence-electron chi connectivity index (χ0n) is 9.45. The fourth-order valence-corrected chi connectivity index (χ4v) is 2.02. The van der Waals surface area contributed by atoms with Crippen molar-refractivity contribution in [2.24, 2.45) is 11.8 Å². The summed E-state index contributed by atoms with van der Waals surface area (Å²) in [5.74, 6) is -1.32. The van der Waals surface area contributed by atoms with Crippen LogP contribution in [0.3, 0.4) is 0 Å². The van der Waals surface area contributed by atoms with Crippen LogP contribution in [0.2, 0.25) is 0 Å². The van der Waals surface area contributed by atoms with E-state index in [2.05, 4.69) is 0 Å². The quantitative estimate of drug-likeness (QED) is 0.594. The lowest BCUT2D eigenvalue weighted by atomic mass is 9.76. The average molecular weight is 226 g/mol. The molecule has 0 spiro atoms. The first kappa shape index (κ1) is 13.1. The van der Waals surface area contributed by atoms with Gasteiger partial charge in [-0.15, -0.1) is 0 Å². The van der Waals surface area contributed by atoms with E-state index in [4.69, 9.17) is 0 Å². The number of aliphatic hydroxyl groups excluding tert-OH is 3. The minimum atomic E-state index is -1.25. The van der Waals surface area contributed by atoms with E-state index in [1.165, 1.54) is 13.0 Å². The van der Waals surface area contributed by atoms with Crippen LogP contribution in [0.25, 0.3) is 0 Å². The Labute approximate surface area is 94.9 Å². The molecule has 0 fully saturated rings. The van der Waals surface area contributed by atoms with Crippen molar-refractivity contribution < 1.29 is 20.1 Å². The first-order valence-electron chi connectivity index (χ1n) is 5.34. The summed E-state index contributed by atoms with van der Waals surface area (Å²) in [7, 11) is 0. The van der Waals surface area contributed by atoms with Gasteiger partial charge < -0.3 is 15.3 Å². The smallest absolute Gasteiger partial charge is 0.158 e. The highest BCUT2D eigenvalue weighted by atomic mass is 16.3. The lowest BCUT2D eigenvalue weighted by molar-refractivity contribution is -0.134. The SMILES string of the molecule is C/C=C/[C@H]1C=C[C@H](O)[C@@H](O)[C@H]1[C@@H](O)C(C)=O. The van der Waals surface area contributed by atoms with E-state index < -0.39 is 30.0 Å². The minimum Gasteiger partial charge on any atom is -0.390 e. The second-order valence-corrected chi connectivity index (χ2v) is 4.10. The van der Waals surface area contributed by atoms with Gasteiger partial charge in [-0.1, -0.05) is 24.3 Å². The maximum Gasteiger partial charge on any atom is 0.158 e. The van der Waals surface area contributed by atoms with Gasteiger partial charge in [-0.2, -0.15) is 0 Å². The Morgan fingerprint density at radius 1 is 1.38 bits per heavy atom. The van der Waals surface area contributed by atoms with Crippen molar-refractivity contribution in [2.75, 3.05) is 0 Å². The van der Waals surface area contributed by atoms with E-state index in [0.29, 0.717) is 0 Å². The van der Waals surface area contributed by atoms with Crippen molar-refractivity contribution in [3.63, 3.8) is 0 Å². The van der Waals surface area contributed by atoms with Crippen LogP contribution in [-0.2, 0) is 4.79 Å². The molecule has 0 unspecified atom stereocenters. The highest BCUT2D eigenvalue weighted by Gasteiger charge is 2.39. The molecule has 0 aromatic carbocycles. The highest BCUT2D eigenvalue weighted by Crippen LogP contribution is 2.30. The molecule has 4 heteroatoms. The zero-order chi connectivity index (χ0) is 12.3. The molecule has 4 nitrogen and oxygen atoms in total. The molecular formula is C12H18O4. The van der Waals surface area contributed by atoms with Crippen LogP contribution >= 0.6 is 0 Å². The van der Waals surface area contributed by atoms with E-state index in [1.807, 2.05) is 6.92 Å². The van der Waals surface area contributed by atoms with E-state index in [9.17, 15) is 20.1 Å². The van der Waals surface area contributed by atoms with Gasteiger partial charge in [-0.3, -0.25) is 4.79 Å². The number of hydrogen-bond acceptors (Lipinski definition) is 4. The molecule has 90 valence electrons. The molecule has 0 saturated heterocycles. The van der Waals surface area contributed by atoms with Crippen molar-refractivity contribution >= 4 is 5.78 Å². The average Bonchev–Trinajstić information content (AvgIpc) is 2.23. The van der Waals surface area contributed by atoms with Crippen molar-refractivity contribution in [1.82, 2.24) is 0 Å². The number of carbonyl (C=O) groups excluding carboxylic acids is 1. The molecule has 0 heterocycles. The monoisotopic (exact) mass is 226 g/mol. The number of rotatable bonds is 3. The first-order chi connectivity index (χ1) is 7.49. The summed E-state index contributed by atoms with van der Waals surface area (Å²) in [6.07, 6.45) is 3.37. The van der Waals surface area contributed by atoms with Crippen LogP contribution in [0.5, 0.6) is 0 Å². The lowest BCUT2D eigenvalue weighted by Crippen LogP contribution is -2.47. The third-order valence-electron chi connectivity index (χ3n) is 2.91. The molecule has 1 aliphatic rings. The van der Waals surface area contributed by atoms with Crippen molar-refractivity contribution in [3.8, 4) is 0 Å². The van der Waals surface area contributed by atoms with E-state index in [0.717, 1.165) is 0 Å². The molecule has 0 radical (unpaired) electrons. The molecule has 0 aliphatic heterocycles. The van der Waals surface area contributed by atoms with Gasteiger partial charge in [0, 0.05) is 11.8 Å². The Bertz CT molecular complexity index is 308. The molecule has 0 bridgehead atoms. The Kier molecular flexibility index (Phi) is 4.41. The van der Waals surface area contributed by atoms with E-state index in [1.54, 1.807) is 18.2 Å². The fraction of sp³-hybridized carbons (Fsp3) is 0.583. The van der Waals surface area contributed by atoms with Crippen molar-refractivity contribution in [1.29, 1.82) is 0 Å². The third-order valence-corrected chi connectivity index (χ3v) is 2.91. The number of carbonyl (C=O) groups is 1. The predicted octanol–water partition coefficient (Wildman–Crippen LogP) is 0.0364. The summed E-state index contributed by atoms with van der Waals surface area (Å²) in [6.45, 7) is 3.09. The van der Waals surface area contributed by atoms with Crippen LogP contribution in [-0.4, -0.2) is 39.4 Å². The molecule has 5 atom stereocenters. The van der Waals surface area contributed by atoms with Crippen LogP contribution < -0.4 is 0 Å². The largest absolute Gasteiger partial charge is 0.390 e. The summed E-state index contributed by atoms with van der Waals surface area (Å²) < 4.78 is 0. The topological polar surface area (TPSA) is 77.8 Å². The molecule has 0 amide bonds. The highest BCUT2D eigenvalue weighted by molar-refractivity contribution is 5.80. The van der Waals surface area contributed by atoms with Crippen LogP contribution in [0.15, 0.2) is 24.3 Å². The van der Waals surface area contributed by atoms with Gasteiger partial charge in [0.1, 0.15) is 6.10 Å². The maximum absolute atomic E-state index is 11.2. The predicted molar refractivity (Wildman–Crippen MR) is 59.6 cm³/mol. The Balaban J connectivity index is 2.98. The Morgan fingerprint density at radius 3 is 2.50 bits per heavy atom. The standard InChI is InChI=1S/C12H18O4/c1-3-4-8-5-6-9(14)12(16)10(8)11(15)7(2)13/h3-6,8-12,14-16H,1-2H3/b4-3+/t8-,9-,10+,11-,12+/m0/s1. The number of hydrogen-bond donors (Lipinski definition) is 3. The summed E-state index contributed by atoms with van der Waals surface area (Å²) in [6, 6.07) is 0. The molecule has 1 rings (SSSR count). The maximum atomic E-state index is 11.2. The van der Waals surface area contributed by atoms with Gasteiger partial charge in [0.05, 0.1) is 12.2 Å². The number of aliphatic hydroxyl groups is 3. The van der Waals surface area contributed by atoms with Gasteiger partial charge in [0.2, 0.25) is 0 Å². The van der Waals surface area contributed by atoms with Gasteiger partial charge >= 0.3 is 0 Å². The summed E-state index contributed by atoms with van der Waals surface area (Å²) in [5.41, 5.74) is 0. The molecule has 3 N–H and O–H groups in total. The second kappa shape index (κ2) is 5.39. The summed E-state index contributed by atoms with van der Waals surface area (Å²) >= 11 is 0. The van der Waals surface area contributed by atoms with Crippen molar-refractivity contribution in [3.05, 3.63) is 24.3 Å². The number of ketones is 1.